The maximum atomic E-state index is 12.6. The first kappa shape index (κ1) is 22.2. The average Bonchev–Trinajstić information content (AvgIpc) is 2.78. The first-order valence-corrected chi connectivity index (χ1v) is 10.9. The third-order valence-electron chi connectivity index (χ3n) is 6.06. The summed E-state index contributed by atoms with van der Waals surface area (Å²) < 4.78 is 6.70. The molecular weight excluding hydrogens is 384 g/mol. The van der Waals surface area contributed by atoms with Crippen LogP contribution in [0, 0.1) is 5.92 Å². The molecule has 0 bridgehead atoms. The number of aromatic amines is 1. The molecule has 2 aromatic rings. The van der Waals surface area contributed by atoms with Crippen molar-refractivity contribution in [1.82, 2.24) is 20.0 Å². The number of aryl methyl sites for hydroxylation is 1. The topological polar surface area (TPSA) is 96.4 Å². The molecule has 164 valence electrons. The fraction of sp³-hybridized carbons (Fsp3) is 0.591. The Bertz CT molecular complexity index is 957. The molecule has 1 unspecified atom stereocenters. The van der Waals surface area contributed by atoms with Crippen LogP contribution in [0.1, 0.15) is 33.1 Å². The van der Waals surface area contributed by atoms with E-state index in [-0.39, 0.29) is 36.0 Å². The van der Waals surface area contributed by atoms with E-state index in [4.69, 9.17) is 4.74 Å². The summed E-state index contributed by atoms with van der Waals surface area (Å²) in [7, 11) is 0. The molecule has 0 aliphatic carbocycles. The van der Waals surface area contributed by atoms with Crippen molar-refractivity contribution < 1.29 is 9.53 Å². The van der Waals surface area contributed by atoms with Crippen molar-refractivity contribution >= 4 is 16.7 Å². The van der Waals surface area contributed by atoms with Crippen LogP contribution in [0.15, 0.2) is 33.9 Å². The molecule has 1 aliphatic rings. The standard InChI is InChI=1S/C22H32N4O4/c1-3-16(4-2)19(25-11-13-30-14-12-25)15-23-20(27)9-10-26-22(29)18-8-6-5-7-17(18)21(28)24-26/h5-8,16,19H,3-4,9-15H2,1-2H3,(H,23,27)(H,24,28). The zero-order valence-corrected chi connectivity index (χ0v) is 17.9. The van der Waals surface area contributed by atoms with Crippen molar-refractivity contribution in [2.75, 3.05) is 32.8 Å². The molecular formula is C22H32N4O4. The largest absolute Gasteiger partial charge is 0.379 e. The van der Waals surface area contributed by atoms with Crippen LogP contribution in [0.5, 0.6) is 0 Å². The number of morpholine rings is 1. The minimum absolute atomic E-state index is 0.125. The Morgan fingerprint density at radius 3 is 2.47 bits per heavy atom. The van der Waals surface area contributed by atoms with Crippen molar-refractivity contribution in [1.29, 1.82) is 0 Å². The number of amides is 1. The number of aromatic nitrogens is 2. The first-order chi connectivity index (χ1) is 14.5. The van der Waals surface area contributed by atoms with E-state index in [1.165, 1.54) is 4.68 Å². The number of carbonyl (C=O) groups is 1. The van der Waals surface area contributed by atoms with Crippen molar-refractivity contribution in [3.8, 4) is 0 Å². The number of benzene rings is 1. The van der Waals surface area contributed by atoms with E-state index < -0.39 is 0 Å². The number of rotatable bonds is 9. The molecule has 1 amide bonds. The zero-order chi connectivity index (χ0) is 21.5. The zero-order valence-electron chi connectivity index (χ0n) is 17.9. The van der Waals surface area contributed by atoms with Crippen molar-refractivity contribution in [3.63, 3.8) is 0 Å². The van der Waals surface area contributed by atoms with Gasteiger partial charge in [-0.25, -0.2) is 4.68 Å². The molecule has 1 fully saturated rings. The second-order valence-electron chi connectivity index (χ2n) is 7.79. The Labute approximate surface area is 176 Å². The number of H-pyrrole nitrogens is 1. The molecule has 1 aromatic heterocycles. The SMILES string of the molecule is CCC(CC)C(CNC(=O)CCn1[nH]c(=O)c2ccccc2c1=O)N1CCOCC1. The summed E-state index contributed by atoms with van der Waals surface area (Å²) in [5, 5.41) is 6.34. The Morgan fingerprint density at radius 2 is 1.80 bits per heavy atom. The highest BCUT2D eigenvalue weighted by molar-refractivity contribution is 5.80. The fourth-order valence-corrected chi connectivity index (χ4v) is 4.26. The van der Waals surface area contributed by atoms with Crippen LogP contribution in [-0.4, -0.2) is 59.5 Å². The normalized spacial score (nSPS) is 16.1. The monoisotopic (exact) mass is 416 g/mol. The van der Waals surface area contributed by atoms with Crippen LogP contribution < -0.4 is 16.4 Å². The molecule has 3 rings (SSSR count). The smallest absolute Gasteiger partial charge is 0.273 e. The van der Waals surface area contributed by atoms with Crippen LogP contribution in [0.25, 0.3) is 10.8 Å². The Balaban J connectivity index is 1.62. The van der Waals surface area contributed by atoms with Gasteiger partial charge in [0.1, 0.15) is 0 Å². The number of hydrogen-bond donors (Lipinski definition) is 2. The van der Waals surface area contributed by atoms with Gasteiger partial charge in [-0.05, 0) is 18.1 Å². The van der Waals surface area contributed by atoms with Crippen LogP contribution in [0.3, 0.4) is 0 Å². The van der Waals surface area contributed by atoms with E-state index in [0.29, 0.717) is 23.2 Å². The number of fused-ring (bicyclic) bond motifs is 1. The highest BCUT2D eigenvalue weighted by Crippen LogP contribution is 2.19. The first-order valence-electron chi connectivity index (χ1n) is 10.9. The summed E-state index contributed by atoms with van der Waals surface area (Å²) in [6, 6.07) is 6.97. The molecule has 1 aromatic carbocycles. The summed E-state index contributed by atoms with van der Waals surface area (Å²) in [5.41, 5.74) is -0.618. The fourth-order valence-electron chi connectivity index (χ4n) is 4.26. The van der Waals surface area contributed by atoms with Crippen LogP contribution in [0.2, 0.25) is 0 Å². The molecule has 1 aliphatic heterocycles. The summed E-state index contributed by atoms with van der Waals surface area (Å²) in [4.78, 5) is 39.7. The predicted octanol–water partition coefficient (Wildman–Crippen LogP) is 1.33. The van der Waals surface area contributed by atoms with Crippen LogP contribution >= 0.6 is 0 Å². The van der Waals surface area contributed by atoms with Crippen molar-refractivity contribution in [3.05, 3.63) is 45.0 Å². The van der Waals surface area contributed by atoms with Gasteiger partial charge in [0.05, 0.1) is 30.5 Å². The maximum absolute atomic E-state index is 12.6. The third kappa shape index (κ3) is 5.17. The number of ether oxygens (including phenoxy) is 1. The molecule has 0 radical (unpaired) electrons. The van der Waals surface area contributed by atoms with Gasteiger partial charge in [0.2, 0.25) is 5.91 Å². The summed E-state index contributed by atoms with van der Waals surface area (Å²) in [5.74, 6) is 0.378. The lowest BCUT2D eigenvalue weighted by Crippen LogP contribution is -2.52. The number of nitrogens with zero attached hydrogens (tertiary/aromatic N) is 2. The average molecular weight is 417 g/mol. The van der Waals surface area contributed by atoms with E-state index in [1.54, 1.807) is 24.3 Å². The van der Waals surface area contributed by atoms with Gasteiger partial charge in [-0.3, -0.25) is 24.4 Å². The molecule has 0 spiro atoms. The second-order valence-corrected chi connectivity index (χ2v) is 7.79. The number of nitrogens with one attached hydrogen (secondary N) is 2. The van der Waals surface area contributed by atoms with Gasteiger partial charge in [-0.15, -0.1) is 0 Å². The number of carbonyl (C=O) groups excluding carboxylic acids is 1. The molecule has 1 atom stereocenters. The lowest BCUT2D eigenvalue weighted by atomic mass is 9.92. The van der Waals surface area contributed by atoms with Crippen LogP contribution in [0.4, 0.5) is 0 Å². The van der Waals surface area contributed by atoms with Gasteiger partial charge in [0, 0.05) is 32.1 Å². The van der Waals surface area contributed by atoms with Crippen LogP contribution in [-0.2, 0) is 16.1 Å². The highest BCUT2D eigenvalue weighted by Gasteiger charge is 2.27. The minimum Gasteiger partial charge on any atom is -0.379 e. The Morgan fingerprint density at radius 1 is 1.13 bits per heavy atom. The predicted molar refractivity (Wildman–Crippen MR) is 117 cm³/mol. The molecule has 8 nitrogen and oxygen atoms in total. The maximum Gasteiger partial charge on any atom is 0.273 e. The second kappa shape index (κ2) is 10.5. The summed E-state index contributed by atoms with van der Waals surface area (Å²) >= 11 is 0. The minimum atomic E-state index is -0.327. The van der Waals surface area contributed by atoms with Gasteiger partial charge in [0.25, 0.3) is 11.1 Å². The molecule has 8 heteroatoms. The van der Waals surface area contributed by atoms with E-state index in [9.17, 15) is 14.4 Å². The van der Waals surface area contributed by atoms with Crippen molar-refractivity contribution in [2.45, 2.75) is 45.7 Å². The van der Waals surface area contributed by atoms with E-state index in [1.807, 2.05) is 0 Å². The van der Waals surface area contributed by atoms with Gasteiger partial charge in [-0.2, -0.15) is 0 Å². The molecule has 0 saturated carbocycles. The van der Waals surface area contributed by atoms with Gasteiger partial charge in [0.15, 0.2) is 0 Å². The van der Waals surface area contributed by atoms with E-state index in [0.717, 1.165) is 39.1 Å². The Hall–Kier alpha value is -2.45. The van der Waals surface area contributed by atoms with Gasteiger partial charge >= 0.3 is 0 Å². The lowest BCUT2D eigenvalue weighted by molar-refractivity contribution is -0.121. The lowest BCUT2D eigenvalue weighted by Gasteiger charge is -2.38. The van der Waals surface area contributed by atoms with Gasteiger partial charge < -0.3 is 10.1 Å². The molecule has 30 heavy (non-hydrogen) atoms. The van der Waals surface area contributed by atoms with Gasteiger partial charge in [-0.1, -0.05) is 38.8 Å². The summed E-state index contributed by atoms with van der Waals surface area (Å²) in [6.45, 7) is 8.30. The van der Waals surface area contributed by atoms with E-state index >= 15 is 0 Å². The quantitative estimate of drug-likeness (QED) is 0.643. The number of hydrogen-bond acceptors (Lipinski definition) is 5. The molecule has 2 N–H and O–H groups in total. The molecule has 1 saturated heterocycles. The molecule has 2 heterocycles. The van der Waals surface area contributed by atoms with Crippen molar-refractivity contribution in [2.24, 2.45) is 5.92 Å². The summed E-state index contributed by atoms with van der Waals surface area (Å²) in [6.07, 6.45) is 2.25. The third-order valence-corrected chi connectivity index (χ3v) is 6.06. The Kier molecular flexibility index (Phi) is 7.81. The highest BCUT2D eigenvalue weighted by atomic mass is 16.5. The van der Waals surface area contributed by atoms with E-state index in [2.05, 4.69) is 29.2 Å².